The van der Waals surface area contributed by atoms with Crippen molar-refractivity contribution in [2.75, 3.05) is 29.9 Å². The maximum atomic E-state index is 13.4. The van der Waals surface area contributed by atoms with Crippen LogP contribution in [-0.2, 0) is 11.3 Å². The predicted octanol–water partition coefficient (Wildman–Crippen LogP) is 4.67. The van der Waals surface area contributed by atoms with Gasteiger partial charge in [0.1, 0.15) is 5.76 Å². The zero-order valence-electron chi connectivity index (χ0n) is 17.4. The zero-order valence-corrected chi connectivity index (χ0v) is 17.4. The van der Waals surface area contributed by atoms with Gasteiger partial charge in [0.2, 0.25) is 5.91 Å². The number of hydrogen-bond acceptors (Lipinski definition) is 4. The van der Waals surface area contributed by atoms with Crippen molar-refractivity contribution >= 4 is 23.2 Å². The van der Waals surface area contributed by atoms with Crippen LogP contribution < -0.4 is 10.2 Å². The Bertz CT molecular complexity index is 811. The fraction of sp³-hybridized carbons (Fsp3) is 0.478. The van der Waals surface area contributed by atoms with Gasteiger partial charge < -0.3 is 19.5 Å². The number of benzene rings is 1. The van der Waals surface area contributed by atoms with E-state index in [1.165, 1.54) is 13.3 Å². The van der Waals surface area contributed by atoms with E-state index in [1.54, 1.807) is 6.26 Å². The Hall–Kier alpha value is -2.76. The number of furan rings is 1. The summed E-state index contributed by atoms with van der Waals surface area (Å²) >= 11 is 0. The normalized spacial score (nSPS) is 13.9. The molecule has 3 rings (SSSR count). The quantitative estimate of drug-likeness (QED) is 0.703. The Morgan fingerprint density at radius 3 is 2.62 bits per heavy atom. The second-order valence-corrected chi connectivity index (χ2v) is 7.62. The topological polar surface area (TPSA) is 65.8 Å². The number of hydrogen-bond donors (Lipinski definition) is 1. The molecule has 0 saturated carbocycles. The molecule has 0 aliphatic carbocycles. The Morgan fingerprint density at radius 2 is 1.97 bits per heavy atom. The van der Waals surface area contributed by atoms with Crippen molar-refractivity contribution in [1.29, 1.82) is 0 Å². The molecule has 0 radical (unpaired) electrons. The summed E-state index contributed by atoms with van der Waals surface area (Å²) in [6.07, 6.45) is 7.01. The molecular formula is C23H31N3O3. The van der Waals surface area contributed by atoms with Crippen molar-refractivity contribution in [2.45, 2.75) is 52.5 Å². The summed E-state index contributed by atoms with van der Waals surface area (Å²) < 4.78 is 5.56. The smallest absolute Gasteiger partial charge is 0.256 e. The average Bonchev–Trinajstić information content (AvgIpc) is 3.24. The fourth-order valence-corrected chi connectivity index (χ4v) is 3.76. The molecule has 6 nitrogen and oxygen atoms in total. The van der Waals surface area contributed by atoms with Gasteiger partial charge in [-0.1, -0.05) is 13.3 Å². The molecule has 156 valence electrons. The third kappa shape index (κ3) is 5.62. The lowest BCUT2D eigenvalue weighted by Crippen LogP contribution is -2.37. The van der Waals surface area contributed by atoms with Crippen LogP contribution in [0.3, 0.4) is 0 Å². The molecule has 0 spiro atoms. The monoisotopic (exact) mass is 397 g/mol. The van der Waals surface area contributed by atoms with Gasteiger partial charge in [0.05, 0.1) is 24.1 Å². The Balaban J connectivity index is 1.96. The van der Waals surface area contributed by atoms with Crippen LogP contribution in [0.4, 0.5) is 11.4 Å². The number of piperidine rings is 1. The predicted molar refractivity (Wildman–Crippen MR) is 115 cm³/mol. The first-order valence-electron chi connectivity index (χ1n) is 10.6. The van der Waals surface area contributed by atoms with Crippen molar-refractivity contribution < 1.29 is 14.0 Å². The molecule has 1 aliphatic heterocycles. The first-order chi connectivity index (χ1) is 14.1. The van der Waals surface area contributed by atoms with Crippen LogP contribution in [0.1, 0.15) is 62.1 Å². The summed E-state index contributed by atoms with van der Waals surface area (Å²) in [7, 11) is 0. The lowest BCUT2D eigenvalue weighted by molar-refractivity contribution is -0.114. The standard InChI is InChI=1S/C23H31N3O3/c1-3-4-12-26(17-20-9-8-15-29-20)22-11-10-19(24-18(2)27)16-21(22)23(28)25-13-6-5-7-14-25/h8-11,15-16H,3-7,12-14,17H2,1-2H3,(H,24,27). The molecule has 1 aromatic carbocycles. The van der Waals surface area contributed by atoms with Gasteiger partial charge in [-0.25, -0.2) is 0 Å². The summed E-state index contributed by atoms with van der Waals surface area (Å²) in [5.74, 6) is 0.754. The van der Waals surface area contributed by atoms with Crippen LogP contribution in [0.15, 0.2) is 41.0 Å². The van der Waals surface area contributed by atoms with E-state index >= 15 is 0 Å². The lowest BCUT2D eigenvalue weighted by Gasteiger charge is -2.31. The highest BCUT2D eigenvalue weighted by atomic mass is 16.3. The van der Waals surface area contributed by atoms with E-state index in [4.69, 9.17) is 4.42 Å². The molecule has 0 atom stereocenters. The molecular weight excluding hydrogens is 366 g/mol. The Morgan fingerprint density at radius 1 is 1.17 bits per heavy atom. The number of carbonyl (C=O) groups is 2. The molecule has 1 fully saturated rings. The van der Waals surface area contributed by atoms with Gasteiger partial charge in [0.15, 0.2) is 0 Å². The van der Waals surface area contributed by atoms with E-state index in [1.807, 2.05) is 35.2 Å². The van der Waals surface area contributed by atoms with Gasteiger partial charge in [-0.2, -0.15) is 0 Å². The van der Waals surface area contributed by atoms with Crippen LogP contribution in [-0.4, -0.2) is 36.3 Å². The number of rotatable bonds is 8. The van der Waals surface area contributed by atoms with E-state index in [9.17, 15) is 9.59 Å². The number of likely N-dealkylation sites (tertiary alicyclic amines) is 1. The fourth-order valence-electron chi connectivity index (χ4n) is 3.76. The van der Waals surface area contributed by atoms with Crippen molar-refractivity contribution in [1.82, 2.24) is 4.90 Å². The molecule has 2 heterocycles. The maximum Gasteiger partial charge on any atom is 0.256 e. The molecule has 0 unspecified atom stereocenters. The molecule has 1 saturated heterocycles. The molecule has 1 aromatic heterocycles. The largest absolute Gasteiger partial charge is 0.467 e. The average molecular weight is 398 g/mol. The molecule has 29 heavy (non-hydrogen) atoms. The van der Waals surface area contributed by atoms with Crippen molar-refractivity contribution in [2.24, 2.45) is 0 Å². The van der Waals surface area contributed by atoms with E-state index in [0.29, 0.717) is 17.8 Å². The molecule has 6 heteroatoms. The van der Waals surface area contributed by atoms with Crippen molar-refractivity contribution in [3.63, 3.8) is 0 Å². The first kappa shape index (κ1) is 21.0. The van der Waals surface area contributed by atoms with Crippen LogP contribution >= 0.6 is 0 Å². The lowest BCUT2D eigenvalue weighted by atomic mass is 10.1. The minimum Gasteiger partial charge on any atom is -0.467 e. The third-order valence-corrected chi connectivity index (χ3v) is 5.24. The molecule has 0 bridgehead atoms. The SMILES string of the molecule is CCCCN(Cc1ccco1)c1ccc(NC(C)=O)cc1C(=O)N1CCCCC1. The highest BCUT2D eigenvalue weighted by molar-refractivity contribution is 6.02. The number of unbranched alkanes of at least 4 members (excludes halogenated alkanes) is 1. The van der Waals surface area contributed by atoms with Gasteiger partial charge in [-0.05, 0) is 56.0 Å². The van der Waals surface area contributed by atoms with Crippen molar-refractivity contribution in [3.8, 4) is 0 Å². The summed E-state index contributed by atoms with van der Waals surface area (Å²) in [5.41, 5.74) is 2.18. The summed E-state index contributed by atoms with van der Waals surface area (Å²) in [4.78, 5) is 29.1. The van der Waals surface area contributed by atoms with Gasteiger partial charge in [0, 0.05) is 32.2 Å². The van der Waals surface area contributed by atoms with E-state index in [2.05, 4.69) is 17.1 Å². The Labute approximate surface area is 172 Å². The minimum absolute atomic E-state index is 0.0350. The van der Waals surface area contributed by atoms with Crippen LogP contribution in [0.5, 0.6) is 0 Å². The first-order valence-corrected chi connectivity index (χ1v) is 10.6. The minimum atomic E-state index is -0.146. The van der Waals surface area contributed by atoms with Crippen LogP contribution in [0, 0.1) is 0 Å². The molecule has 2 aromatic rings. The second kappa shape index (κ2) is 10.1. The van der Waals surface area contributed by atoms with E-state index in [-0.39, 0.29) is 11.8 Å². The molecule has 1 aliphatic rings. The second-order valence-electron chi connectivity index (χ2n) is 7.62. The number of anilines is 2. The van der Waals surface area contributed by atoms with Crippen molar-refractivity contribution in [3.05, 3.63) is 47.9 Å². The van der Waals surface area contributed by atoms with Gasteiger partial charge in [0.25, 0.3) is 5.91 Å². The van der Waals surface area contributed by atoms with Gasteiger partial charge >= 0.3 is 0 Å². The van der Waals surface area contributed by atoms with Gasteiger partial charge in [-0.15, -0.1) is 0 Å². The van der Waals surface area contributed by atoms with Gasteiger partial charge in [-0.3, -0.25) is 9.59 Å². The van der Waals surface area contributed by atoms with E-state index < -0.39 is 0 Å². The number of nitrogens with zero attached hydrogens (tertiary/aromatic N) is 2. The number of nitrogens with one attached hydrogen (secondary N) is 1. The maximum absolute atomic E-state index is 13.4. The Kier molecular flexibility index (Phi) is 7.33. The highest BCUT2D eigenvalue weighted by Crippen LogP contribution is 2.29. The highest BCUT2D eigenvalue weighted by Gasteiger charge is 2.24. The summed E-state index contributed by atoms with van der Waals surface area (Å²) in [6, 6.07) is 9.46. The molecule has 1 N–H and O–H groups in total. The third-order valence-electron chi connectivity index (χ3n) is 5.24. The van der Waals surface area contributed by atoms with Crippen LogP contribution in [0.2, 0.25) is 0 Å². The summed E-state index contributed by atoms with van der Waals surface area (Å²) in [6.45, 7) is 6.64. The van der Waals surface area contributed by atoms with Crippen LogP contribution in [0.25, 0.3) is 0 Å². The zero-order chi connectivity index (χ0) is 20.6. The number of carbonyl (C=O) groups excluding carboxylic acids is 2. The number of amides is 2. The molecule has 2 amide bonds. The summed E-state index contributed by atoms with van der Waals surface area (Å²) in [5, 5.41) is 2.81. The van der Waals surface area contributed by atoms with E-state index in [0.717, 1.165) is 56.8 Å².